The van der Waals surface area contributed by atoms with Gasteiger partial charge in [-0.15, -0.1) is 0 Å². The summed E-state index contributed by atoms with van der Waals surface area (Å²) in [6, 6.07) is 1.33. The lowest BCUT2D eigenvalue weighted by Crippen LogP contribution is -2.35. The Hall–Kier alpha value is -1.01. The number of amides is 1. The Labute approximate surface area is 130 Å². The Morgan fingerprint density at radius 3 is 2.57 bits per heavy atom. The molecule has 1 fully saturated rings. The van der Waals surface area contributed by atoms with Crippen LogP contribution in [0.2, 0.25) is 0 Å². The molecule has 21 heavy (non-hydrogen) atoms. The van der Waals surface area contributed by atoms with Gasteiger partial charge in [0.1, 0.15) is 10.6 Å². The minimum Gasteiger partial charge on any atom is -0.350 e. The van der Waals surface area contributed by atoms with E-state index in [1.165, 1.54) is 25.1 Å². The molecule has 1 aliphatic rings. The first-order chi connectivity index (χ1) is 9.75. The van der Waals surface area contributed by atoms with E-state index in [0.717, 1.165) is 12.8 Å². The van der Waals surface area contributed by atoms with Gasteiger partial charge in [-0.1, -0.05) is 19.8 Å². The lowest BCUT2D eigenvalue weighted by Gasteiger charge is -2.23. The maximum absolute atomic E-state index is 12.3. The van der Waals surface area contributed by atoms with Gasteiger partial charge in [-0.25, -0.2) is 8.42 Å². The first-order valence-electron chi connectivity index (χ1n) is 7.18. The summed E-state index contributed by atoms with van der Waals surface area (Å²) in [7, 11) is 1.52. The fourth-order valence-electron chi connectivity index (χ4n) is 2.86. The van der Waals surface area contributed by atoms with Gasteiger partial charge in [-0.2, -0.15) is 0 Å². The highest BCUT2D eigenvalue weighted by molar-refractivity contribution is 8.13. The van der Waals surface area contributed by atoms with Crippen LogP contribution in [0.3, 0.4) is 0 Å². The van der Waals surface area contributed by atoms with Crippen molar-refractivity contribution in [2.45, 2.75) is 51.0 Å². The van der Waals surface area contributed by atoms with E-state index in [1.54, 1.807) is 4.57 Å². The first kappa shape index (κ1) is 16.4. The van der Waals surface area contributed by atoms with E-state index >= 15 is 0 Å². The molecule has 0 unspecified atom stereocenters. The number of aromatic nitrogens is 1. The van der Waals surface area contributed by atoms with Crippen molar-refractivity contribution in [2.75, 3.05) is 6.54 Å². The van der Waals surface area contributed by atoms with Gasteiger partial charge in [0.2, 0.25) is 0 Å². The number of carbonyl (C=O) groups is 1. The zero-order chi connectivity index (χ0) is 15.7. The minimum atomic E-state index is -3.82. The summed E-state index contributed by atoms with van der Waals surface area (Å²) in [4.78, 5) is 12.3. The number of halogens is 1. The second kappa shape index (κ2) is 6.01. The van der Waals surface area contributed by atoms with Gasteiger partial charge in [0.25, 0.3) is 15.0 Å². The SMILES string of the molecule is CCn1cc(S(=O)(=O)Cl)cc1C(=O)NCC1(C)CCCC1. The molecule has 0 atom stereocenters. The van der Waals surface area contributed by atoms with Crippen molar-refractivity contribution in [1.82, 2.24) is 9.88 Å². The highest BCUT2D eigenvalue weighted by Crippen LogP contribution is 2.36. The van der Waals surface area contributed by atoms with Crippen molar-refractivity contribution in [2.24, 2.45) is 5.41 Å². The summed E-state index contributed by atoms with van der Waals surface area (Å²) in [6.45, 7) is 5.14. The van der Waals surface area contributed by atoms with E-state index in [0.29, 0.717) is 18.8 Å². The van der Waals surface area contributed by atoms with Crippen molar-refractivity contribution >= 4 is 25.6 Å². The predicted octanol–water partition coefficient (Wildman–Crippen LogP) is 2.75. The molecule has 0 spiro atoms. The first-order valence-corrected chi connectivity index (χ1v) is 9.49. The minimum absolute atomic E-state index is 0.0387. The molecule has 1 aromatic rings. The summed E-state index contributed by atoms with van der Waals surface area (Å²) in [5.41, 5.74) is 0.485. The van der Waals surface area contributed by atoms with Gasteiger partial charge < -0.3 is 9.88 Å². The van der Waals surface area contributed by atoms with E-state index in [2.05, 4.69) is 12.2 Å². The smallest absolute Gasteiger partial charge is 0.267 e. The Balaban J connectivity index is 2.13. The van der Waals surface area contributed by atoms with Crippen molar-refractivity contribution in [3.63, 3.8) is 0 Å². The molecule has 1 N–H and O–H groups in total. The monoisotopic (exact) mass is 332 g/mol. The van der Waals surface area contributed by atoms with Crippen LogP contribution >= 0.6 is 10.7 Å². The highest BCUT2D eigenvalue weighted by atomic mass is 35.7. The average molecular weight is 333 g/mol. The lowest BCUT2D eigenvalue weighted by molar-refractivity contribution is 0.0925. The zero-order valence-corrected chi connectivity index (χ0v) is 13.9. The summed E-state index contributed by atoms with van der Waals surface area (Å²) >= 11 is 0. The van der Waals surface area contributed by atoms with Gasteiger partial charge in [-0.05, 0) is 31.2 Å². The van der Waals surface area contributed by atoms with E-state index in [4.69, 9.17) is 10.7 Å². The van der Waals surface area contributed by atoms with E-state index in [9.17, 15) is 13.2 Å². The topological polar surface area (TPSA) is 68.2 Å². The number of aryl methyl sites for hydroxylation is 1. The Bertz CT molecular complexity index is 631. The van der Waals surface area contributed by atoms with Crippen LogP contribution in [-0.4, -0.2) is 25.4 Å². The fourth-order valence-corrected chi connectivity index (χ4v) is 3.62. The molecule has 0 bridgehead atoms. The third kappa shape index (κ3) is 3.80. The second-order valence-corrected chi connectivity index (χ2v) is 8.55. The molecular weight excluding hydrogens is 312 g/mol. The molecule has 1 aliphatic carbocycles. The molecule has 5 nitrogen and oxygen atoms in total. The predicted molar refractivity (Wildman–Crippen MR) is 82.1 cm³/mol. The third-order valence-electron chi connectivity index (χ3n) is 4.21. The van der Waals surface area contributed by atoms with Gasteiger partial charge in [0.05, 0.1) is 0 Å². The van der Waals surface area contributed by atoms with E-state index < -0.39 is 9.05 Å². The largest absolute Gasteiger partial charge is 0.350 e. The average Bonchev–Trinajstić information content (AvgIpc) is 3.02. The third-order valence-corrected chi connectivity index (χ3v) is 5.53. The number of hydrogen-bond acceptors (Lipinski definition) is 3. The molecule has 0 saturated heterocycles. The molecule has 2 rings (SSSR count). The van der Waals surface area contributed by atoms with Crippen LogP contribution in [0.15, 0.2) is 17.2 Å². The van der Waals surface area contributed by atoms with Crippen LogP contribution in [-0.2, 0) is 15.6 Å². The number of carbonyl (C=O) groups excluding carboxylic acids is 1. The molecule has 0 aromatic carbocycles. The molecule has 118 valence electrons. The Kier molecular flexibility index (Phi) is 4.68. The maximum atomic E-state index is 12.3. The number of rotatable bonds is 5. The van der Waals surface area contributed by atoms with Crippen LogP contribution in [0.25, 0.3) is 0 Å². The van der Waals surface area contributed by atoms with Crippen LogP contribution in [0, 0.1) is 5.41 Å². The van der Waals surface area contributed by atoms with Crippen molar-refractivity contribution in [3.8, 4) is 0 Å². The van der Waals surface area contributed by atoms with Crippen LogP contribution < -0.4 is 5.32 Å². The van der Waals surface area contributed by atoms with Crippen molar-refractivity contribution < 1.29 is 13.2 Å². The van der Waals surface area contributed by atoms with Crippen LogP contribution in [0.1, 0.15) is 50.0 Å². The Morgan fingerprint density at radius 1 is 1.43 bits per heavy atom. The molecule has 0 radical (unpaired) electrons. The zero-order valence-electron chi connectivity index (χ0n) is 12.4. The number of nitrogens with one attached hydrogen (secondary N) is 1. The molecular formula is C14H21ClN2O3S. The molecule has 1 aromatic heterocycles. The number of hydrogen-bond donors (Lipinski definition) is 1. The quantitative estimate of drug-likeness (QED) is 0.843. The standard InChI is InChI=1S/C14H21ClN2O3S/c1-3-17-9-11(21(15,19)20)8-12(17)13(18)16-10-14(2)6-4-5-7-14/h8-9H,3-7,10H2,1-2H3,(H,16,18). The summed E-state index contributed by atoms with van der Waals surface area (Å²) in [5.74, 6) is -0.253. The summed E-state index contributed by atoms with van der Waals surface area (Å²) in [5, 5.41) is 2.92. The lowest BCUT2D eigenvalue weighted by atomic mass is 9.89. The van der Waals surface area contributed by atoms with Crippen LogP contribution in [0.5, 0.6) is 0 Å². The van der Waals surface area contributed by atoms with E-state index in [-0.39, 0.29) is 16.2 Å². The Morgan fingerprint density at radius 2 is 2.05 bits per heavy atom. The van der Waals surface area contributed by atoms with E-state index in [1.807, 2.05) is 6.92 Å². The number of nitrogens with zero attached hydrogens (tertiary/aromatic N) is 1. The van der Waals surface area contributed by atoms with Gasteiger partial charge >= 0.3 is 0 Å². The highest BCUT2D eigenvalue weighted by Gasteiger charge is 2.29. The summed E-state index contributed by atoms with van der Waals surface area (Å²) in [6.07, 6.45) is 6.03. The molecule has 1 heterocycles. The maximum Gasteiger partial charge on any atom is 0.267 e. The second-order valence-electron chi connectivity index (χ2n) is 5.99. The van der Waals surface area contributed by atoms with Gasteiger partial charge in [0, 0.05) is 30.0 Å². The van der Waals surface area contributed by atoms with Crippen molar-refractivity contribution in [3.05, 3.63) is 18.0 Å². The molecule has 0 aliphatic heterocycles. The van der Waals surface area contributed by atoms with Gasteiger partial charge in [0.15, 0.2) is 0 Å². The molecule has 1 saturated carbocycles. The van der Waals surface area contributed by atoms with Crippen molar-refractivity contribution in [1.29, 1.82) is 0 Å². The molecule has 1 amide bonds. The van der Waals surface area contributed by atoms with Gasteiger partial charge in [-0.3, -0.25) is 4.79 Å². The summed E-state index contributed by atoms with van der Waals surface area (Å²) < 4.78 is 24.3. The molecule has 7 heteroatoms. The fraction of sp³-hybridized carbons (Fsp3) is 0.643. The normalized spacial score (nSPS) is 17.9. The van der Waals surface area contributed by atoms with Crippen LogP contribution in [0.4, 0.5) is 0 Å².